The fraction of sp³-hybridized carbons (Fsp3) is 0.714. The molecular formula is C7H14NO6P. The van der Waals surface area contributed by atoms with Crippen molar-refractivity contribution in [1.82, 2.24) is 0 Å². The summed E-state index contributed by atoms with van der Waals surface area (Å²) in [6.07, 6.45) is -1.74. The maximum absolute atomic E-state index is 11.2. The van der Waals surface area contributed by atoms with Gasteiger partial charge in [0, 0.05) is 19.0 Å². The van der Waals surface area contributed by atoms with Crippen LogP contribution in [-0.4, -0.2) is 39.5 Å². The van der Waals surface area contributed by atoms with Crippen LogP contribution >= 0.6 is 7.37 Å². The molecule has 0 aliphatic heterocycles. The molecule has 15 heavy (non-hydrogen) atoms. The van der Waals surface area contributed by atoms with Crippen LogP contribution in [0, 0.1) is 5.92 Å². The Morgan fingerprint density at radius 3 is 1.87 bits per heavy atom. The zero-order valence-electron chi connectivity index (χ0n) is 8.00. The van der Waals surface area contributed by atoms with Gasteiger partial charge in [0.2, 0.25) is 7.37 Å². The predicted molar refractivity (Wildman–Crippen MR) is 51.7 cm³/mol. The first-order valence-corrected chi connectivity index (χ1v) is 6.24. The summed E-state index contributed by atoms with van der Waals surface area (Å²) in [6.45, 7) is 0. The summed E-state index contributed by atoms with van der Waals surface area (Å²) in [5.74, 6) is -3.25. The Labute approximate surface area is 86.4 Å². The number of hydrogen-bond acceptors (Lipinski definition) is 4. The minimum absolute atomic E-state index is 0.373. The Morgan fingerprint density at radius 2 is 1.60 bits per heavy atom. The molecule has 0 fully saturated rings. The minimum atomic E-state index is -3.59. The monoisotopic (exact) mass is 239 g/mol. The van der Waals surface area contributed by atoms with Gasteiger partial charge < -0.3 is 20.8 Å². The molecule has 0 aromatic carbocycles. The molecule has 8 heteroatoms. The molecule has 0 aliphatic carbocycles. The lowest BCUT2D eigenvalue weighted by atomic mass is 10.0. The van der Waals surface area contributed by atoms with Gasteiger partial charge in [-0.1, -0.05) is 0 Å². The van der Waals surface area contributed by atoms with Crippen molar-refractivity contribution in [3.63, 3.8) is 0 Å². The van der Waals surface area contributed by atoms with E-state index in [2.05, 4.69) is 0 Å². The van der Waals surface area contributed by atoms with Gasteiger partial charge in [0.25, 0.3) is 0 Å². The number of rotatable bonds is 7. The molecule has 0 amide bonds. The third kappa shape index (κ3) is 7.07. The topological polar surface area (TPSA) is 138 Å². The van der Waals surface area contributed by atoms with Crippen LogP contribution in [0.5, 0.6) is 0 Å². The second kappa shape index (κ2) is 5.85. The van der Waals surface area contributed by atoms with E-state index < -0.39 is 44.4 Å². The molecule has 1 unspecified atom stereocenters. The third-order valence-electron chi connectivity index (χ3n) is 1.76. The Bertz CT molecular complexity index is 275. The van der Waals surface area contributed by atoms with Crippen LogP contribution in [0.25, 0.3) is 0 Å². The van der Waals surface area contributed by atoms with E-state index in [1.54, 1.807) is 0 Å². The lowest BCUT2D eigenvalue weighted by Crippen LogP contribution is -2.18. The van der Waals surface area contributed by atoms with Crippen molar-refractivity contribution >= 4 is 19.3 Å². The Hall–Kier alpha value is -0.910. The predicted octanol–water partition coefficient (Wildman–Crippen LogP) is -0.261. The molecule has 0 heterocycles. The van der Waals surface area contributed by atoms with E-state index in [1.807, 2.05) is 0 Å². The van der Waals surface area contributed by atoms with Crippen molar-refractivity contribution in [2.24, 2.45) is 11.7 Å². The lowest BCUT2D eigenvalue weighted by molar-refractivity contribution is -0.140. The van der Waals surface area contributed by atoms with Crippen molar-refractivity contribution in [3.8, 4) is 0 Å². The summed E-state index contributed by atoms with van der Waals surface area (Å²) >= 11 is 0. The van der Waals surface area contributed by atoms with Crippen molar-refractivity contribution < 1.29 is 29.3 Å². The number of carboxylic acids is 2. The smallest absolute Gasteiger partial charge is 0.303 e. The highest BCUT2D eigenvalue weighted by Crippen LogP contribution is 2.41. The molecule has 7 nitrogen and oxygen atoms in total. The molecule has 1 atom stereocenters. The number of aliphatic carboxylic acids is 2. The van der Waals surface area contributed by atoms with Gasteiger partial charge in [-0.15, -0.1) is 0 Å². The van der Waals surface area contributed by atoms with Crippen LogP contribution < -0.4 is 5.73 Å². The Balaban J connectivity index is 4.43. The molecule has 0 aliphatic rings. The highest BCUT2D eigenvalue weighted by molar-refractivity contribution is 7.57. The van der Waals surface area contributed by atoms with Gasteiger partial charge in [-0.05, 0) is 5.92 Å². The van der Waals surface area contributed by atoms with Crippen LogP contribution in [0.1, 0.15) is 12.8 Å². The van der Waals surface area contributed by atoms with E-state index in [0.717, 1.165) is 0 Å². The standard InChI is InChI=1S/C7H14NO6P/c8-4-15(13,14)3-5(1-6(9)10)2-7(11)12/h5H,1-4,8H2,(H,9,10)(H,11,12)(H,13,14). The SMILES string of the molecule is NCP(=O)(O)CC(CC(=O)O)CC(=O)O. The molecule has 5 N–H and O–H groups in total. The first-order valence-electron chi connectivity index (χ1n) is 4.21. The van der Waals surface area contributed by atoms with Gasteiger partial charge in [0.05, 0.1) is 6.29 Å². The zero-order chi connectivity index (χ0) is 12.1. The van der Waals surface area contributed by atoms with E-state index in [9.17, 15) is 14.2 Å². The van der Waals surface area contributed by atoms with Crippen molar-refractivity contribution in [1.29, 1.82) is 0 Å². The molecule has 0 spiro atoms. The van der Waals surface area contributed by atoms with E-state index >= 15 is 0 Å². The molecule has 88 valence electrons. The summed E-state index contributed by atoms with van der Waals surface area (Å²) in [5.41, 5.74) is 5.01. The Morgan fingerprint density at radius 1 is 1.20 bits per heavy atom. The van der Waals surface area contributed by atoms with Crippen LogP contribution in [0.3, 0.4) is 0 Å². The average molecular weight is 239 g/mol. The molecular weight excluding hydrogens is 225 g/mol. The highest BCUT2D eigenvalue weighted by atomic mass is 31.2. The largest absolute Gasteiger partial charge is 0.481 e. The van der Waals surface area contributed by atoms with Crippen LogP contribution in [0.15, 0.2) is 0 Å². The minimum Gasteiger partial charge on any atom is -0.481 e. The van der Waals surface area contributed by atoms with Gasteiger partial charge in [-0.2, -0.15) is 0 Å². The summed E-state index contributed by atoms with van der Waals surface area (Å²) in [4.78, 5) is 29.9. The number of carbonyl (C=O) groups is 2. The average Bonchev–Trinajstić information content (AvgIpc) is 2.00. The molecule has 0 bridgehead atoms. The number of carboxylic acid groups (broad SMARTS) is 2. The van der Waals surface area contributed by atoms with Gasteiger partial charge >= 0.3 is 11.9 Å². The lowest BCUT2D eigenvalue weighted by Gasteiger charge is -2.15. The summed E-state index contributed by atoms with van der Waals surface area (Å²) in [6, 6.07) is 0. The molecule has 0 rings (SSSR count). The van der Waals surface area contributed by atoms with E-state index in [1.165, 1.54) is 0 Å². The van der Waals surface area contributed by atoms with Crippen molar-refractivity contribution in [2.45, 2.75) is 12.8 Å². The number of nitrogens with two attached hydrogens (primary N) is 1. The normalized spacial score (nSPS) is 14.9. The zero-order valence-corrected chi connectivity index (χ0v) is 8.89. The fourth-order valence-electron chi connectivity index (χ4n) is 1.17. The molecule has 0 saturated carbocycles. The van der Waals surface area contributed by atoms with E-state index in [-0.39, 0.29) is 6.16 Å². The van der Waals surface area contributed by atoms with Crippen LogP contribution in [0.4, 0.5) is 0 Å². The fourth-order valence-corrected chi connectivity index (χ4v) is 2.39. The maximum Gasteiger partial charge on any atom is 0.303 e. The second-order valence-electron chi connectivity index (χ2n) is 3.27. The van der Waals surface area contributed by atoms with E-state index in [0.29, 0.717) is 0 Å². The number of hydrogen-bond donors (Lipinski definition) is 4. The second-order valence-corrected chi connectivity index (χ2v) is 5.70. The molecule has 0 saturated heterocycles. The first kappa shape index (κ1) is 14.1. The quantitative estimate of drug-likeness (QED) is 0.449. The maximum atomic E-state index is 11.2. The Kier molecular flexibility index (Phi) is 5.49. The summed E-state index contributed by atoms with van der Waals surface area (Å²) < 4.78 is 11.2. The molecule has 0 aromatic heterocycles. The van der Waals surface area contributed by atoms with Crippen LogP contribution in [0.2, 0.25) is 0 Å². The van der Waals surface area contributed by atoms with Gasteiger partial charge in [-0.25, -0.2) is 0 Å². The van der Waals surface area contributed by atoms with Gasteiger partial charge in [-0.3, -0.25) is 14.2 Å². The highest BCUT2D eigenvalue weighted by Gasteiger charge is 2.26. The molecule has 0 radical (unpaired) electrons. The van der Waals surface area contributed by atoms with E-state index in [4.69, 9.17) is 20.8 Å². The summed E-state index contributed by atoms with van der Waals surface area (Å²) in [7, 11) is -3.59. The molecule has 0 aromatic rings. The van der Waals surface area contributed by atoms with Gasteiger partial charge in [0.15, 0.2) is 0 Å². The first-order chi connectivity index (χ1) is 6.76. The summed E-state index contributed by atoms with van der Waals surface area (Å²) in [5, 5.41) is 16.9. The van der Waals surface area contributed by atoms with Crippen LogP contribution in [-0.2, 0) is 14.2 Å². The van der Waals surface area contributed by atoms with Crippen molar-refractivity contribution in [2.75, 3.05) is 12.4 Å². The van der Waals surface area contributed by atoms with Gasteiger partial charge in [0.1, 0.15) is 0 Å². The van der Waals surface area contributed by atoms with Crippen molar-refractivity contribution in [3.05, 3.63) is 0 Å². The third-order valence-corrected chi connectivity index (χ3v) is 3.41.